The Labute approximate surface area is 189 Å². The summed E-state index contributed by atoms with van der Waals surface area (Å²) in [5.74, 6) is 1.40. The molecule has 0 N–H and O–H groups in total. The van der Waals surface area contributed by atoms with Gasteiger partial charge in [-0.2, -0.15) is 0 Å². The van der Waals surface area contributed by atoms with Gasteiger partial charge in [0.25, 0.3) is 0 Å². The predicted octanol–water partition coefficient (Wildman–Crippen LogP) is 3.35. The molecule has 3 aromatic rings. The third-order valence-corrected chi connectivity index (χ3v) is 6.38. The van der Waals surface area contributed by atoms with Crippen LogP contribution >= 0.6 is 0 Å². The lowest BCUT2D eigenvalue weighted by Crippen LogP contribution is -2.48. The number of benzene rings is 1. The Morgan fingerprint density at radius 2 is 1.75 bits per heavy atom. The molecule has 3 heterocycles. The molecule has 0 radical (unpaired) electrons. The number of piperazine rings is 1. The van der Waals surface area contributed by atoms with Gasteiger partial charge in [-0.25, -0.2) is 4.98 Å². The minimum absolute atomic E-state index is 0.162. The molecule has 1 aliphatic rings. The van der Waals surface area contributed by atoms with E-state index in [0.29, 0.717) is 17.9 Å². The molecule has 1 aromatic carbocycles. The zero-order chi connectivity index (χ0) is 22.7. The van der Waals surface area contributed by atoms with Gasteiger partial charge < -0.3 is 23.7 Å². The number of amides is 1. The third kappa shape index (κ3) is 4.58. The van der Waals surface area contributed by atoms with E-state index in [-0.39, 0.29) is 11.8 Å². The number of fused-ring (bicyclic) bond motifs is 1. The Balaban J connectivity index is 1.71. The van der Waals surface area contributed by atoms with E-state index in [0.717, 1.165) is 55.2 Å². The van der Waals surface area contributed by atoms with Crippen LogP contribution in [0.3, 0.4) is 0 Å². The number of methoxy groups -OCH3 is 2. The van der Waals surface area contributed by atoms with Gasteiger partial charge in [-0.1, -0.05) is 6.92 Å². The van der Waals surface area contributed by atoms with Gasteiger partial charge in [-0.15, -0.1) is 0 Å². The van der Waals surface area contributed by atoms with Crippen LogP contribution in [-0.2, 0) is 4.79 Å². The average molecular weight is 437 g/mol. The molecular weight excluding hydrogens is 404 g/mol. The van der Waals surface area contributed by atoms with Crippen molar-refractivity contribution in [3.05, 3.63) is 59.5 Å². The highest BCUT2D eigenvalue weighted by Gasteiger charge is 2.27. The molecule has 0 spiro atoms. The lowest BCUT2D eigenvalue weighted by Gasteiger charge is -2.34. The van der Waals surface area contributed by atoms with Crippen molar-refractivity contribution in [2.45, 2.75) is 26.2 Å². The highest BCUT2D eigenvalue weighted by molar-refractivity contribution is 5.78. The van der Waals surface area contributed by atoms with E-state index < -0.39 is 0 Å². The van der Waals surface area contributed by atoms with Crippen LogP contribution in [0.25, 0.3) is 5.65 Å². The molecule has 4 rings (SSSR count). The highest BCUT2D eigenvalue weighted by Crippen LogP contribution is 2.34. The number of hydrogen-bond donors (Lipinski definition) is 0. The molecule has 0 aliphatic carbocycles. The molecule has 1 fully saturated rings. The fourth-order valence-corrected chi connectivity index (χ4v) is 4.40. The van der Waals surface area contributed by atoms with Crippen LogP contribution in [0.4, 0.5) is 0 Å². The highest BCUT2D eigenvalue weighted by atomic mass is 16.5. The van der Waals surface area contributed by atoms with Crippen LogP contribution < -0.4 is 9.47 Å². The molecule has 1 aliphatic heterocycles. The van der Waals surface area contributed by atoms with Gasteiger partial charge in [0.05, 0.1) is 19.9 Å². The number of hydrogen-bond acceptors (Lipinski definition) is 5. The molecule has 170 valence electrons. The summed E-state index contributed by atoms with van der Waals surface area (Å²) in [5.41, 5.74) is 3.99. The van der Waals surface area contributed by atoms with E-state index in [2.05, 4.69) is 40.3 Å². The molecular formula is C25H32N4O3. The number of ether oxygens (including phenoxy) is 2. The van der Waals surface area contributed by atoms with Crippen LogP contribution in [0.15, 0.2) is 42.7 Å². The predicted molar refractivity (Wildman–Crippen MR) is 125 cm³/mol. The number of nitrogens with zero attached hydrogens (tertiary/aromatic N) is 4. The second-order valence-corrected chi connectivity index (χ2v) is 8.33. The van der Waals surface area contributed by atoms with Crippen LogP contribution in [0.2, 0.25) is 0 Å². The van der Waals surface area contributed by atoms with Crippen molar-refractivity contribution in [2.24, 2.45) is 0 Å². The molecule has 32 heavy (non-hydrogen) atoms. The van der Waals surface area contributed by atoms with E-state index >= 15 is 0 Å². The summed E-state index contributed by atoms with van der Waals surface area (Å²) in [6.07, 6.45) is 4.28. The Kier molecular flexibility index (Phi) is 6.65. The van der Waals surface area contributed by atoms with Crippen LogP contribution in [0.5, 0.6) is 11.5 Å². The zero-order valence-corrected chi connectivity index (χ0v) is 19.4. The zero-order valence-electron chi connectivity index (χ0n) is 19.4. The Hall–Kier alpha value is -3.06. The molecule has 1 saturated heterocycles. The topological polar surface area (TPSA) is 59.3 Å². The number of aromatic nitrogens is 2. The minimum atomic E-state index is -0.173. The molecule has 7 heteroatoms. The molecule has 1 atom stereocenters. The standard InChI is InChI=1S/C25H32N4O3/c1-5-27-8-10-28(11-9-27)25(30)16-22(19-13-20(31-3)15-21(14-19)32-4)23-17-26-24-12-18(2)6-7-29(23)24/h6-7,12-15,17,22H,5,8-11,16H2,1-4H3. The summed E-state index contributed by atoms with van der Waals surface area (Å²) in [7, 11) is 3.28. The number of imidazole rings is 1. The Bertz CT molecular complexity index is 1060. The van der Waals surface area contributed by atoms with Gasteiger partial charge in [0, 0.05) is 57.0 Å². The van der Waals surface area contributed by atoms with E-state index in [9.17, 15) is 4.79 Å². The lowest BCUT2D eigenvalue weighted by molar-refractivity contribution is -0.133. The largest absolute Gasteiger partial charge is 0.497 e. The van der Waals surface area contributed by atoms with Crippen LogP contribution in [-0.4, -0.2) is 72.0 Å². The number of carbonyl (C=O) groups excluding carboxylic acids is 1. The summed E-state index contributed by atoms with van der Waals surface area (Å²) in [4.78, 5) is 22.4. The van der Waals surface area contributed by atoms with Gasteiger partial charge in [0.1, 0.15) is 17.1 Å². The maximum atomic E-state index is 13.4. The lowest BCUT2D eigenvalue weighted by atomic mass is 9.91. The van der Waals surface area contributed by atoms with E-state index in [4.69, 9.17) is 9.47 Å². The fraction of sp³-hybridized carbons (Fsp3) is 0.440. The first-order chi connectivity index (χ1) is 15.5. The van der Waals surface area contributed by atoms with Gasteiger partial charge in [0.2, 0.25) is 5.91 Å². The van der Waals surface area contributed by atoms with Crippen molar-refractivity contribution >= 4 is 11.6 Å². The summed E-state index contributed by atoms with van der Waals surface area (Å²) < 4.78 is 13.1. The van der Waals surface area contributed by atoms with Crippen molar-refractivity contribution in [3.8, 4) is 11.5 Å². The summed E-state index contributed by atoms with van der Waals surface area (Å²) in [6.45, 7) is 8.63. The van der Waals surface area contributed by atoms with Crippen LogP contribution in [0, 0.1) is 6.92 Å². The van der Waals surface area contributed by atoms with Crippen LogP contribution in [0.1, 0.15) is 36.1 Å². The second-order valence-electron chi connectivity index (χ2n) is 8.33. The molecule has 0 bridgehead atoms. The van der Waals surface area contributed by atoms with Gasteiger partial charge >= 0.3 is 0 Å². The quantitative estimate of drug-likeness (QED) is 0.569. The summed E-state index contributed by atoms with van der Waals surface area (Å²) in [6, 6.07) is 9.95. The van der Waals surface area contributed by atoms with Crippen molar-refractivity contribution in [3.63, 3.8) is 0 Å². The number of likely N-dealkylation sites (N-methyl/N-ethyl adjacent to an activating group) is 1. The fourth-order valence-electron chi connectivity index (χ4n) is 4.40. The summed E-state index contributed by atoms with van der Waals surface area (Å²) in [5, 5.41) is 0. The van der Waals surface area contributed by atoms with Crippen molar-refractivity contribution < 1.29 is 14.3 Å². The molecule has 0 saturated carbocycles. The average Bonchev–Trinajstić information content (AvgIpc) is 3.24. The smallest absolute Gasteiger partial charge is 0.223 e. The normalized spacial score (nSPS) is 15.7. The van der Waals surface area contributed by atoms with Crippen molar-refractivity contribution in [1.82, 2.24) is 19.2 Å². The maximum Gasteiger partial charge on any atom is 0.223 e. The van der Waals surface area contributed by atoms with Gasteiger partial charge in [-0.3, -0.25) is 4.79 Å². The van der Waals surface area contributed by atoms with Crippen molar-refractivity contribution in [1.29, 1.82) is 0 Å². The third-order valence-electron chi connectivity index (χ3n) is 6.38. The Morgan fingerprint density at radius 1 is 1.06 bits per heavy atom. The van der Waals surface area contributed by atoms with Crippen molar-refractivity contribution in [2.75, 3.05) is 46.9 Å². The van der Waals surface area contributed by atoms with E-state index in [1.54, 1.807) is 14.2 Å². The molecule has 1 unspecified atom stereocenters. The summed E-state index contributed by atoms with van der Waals surface area (Å²) >= 11 is 0. The number of aryl methyl sites for hydroxylation is 1. The first-order valence-corrected chi connectivity index (χ1v) is 11.2. The van der Waals surface area contributed by atoms with E-state index in [1.165, 1.54) is 0 Å². The first kappa shape index (κ1) is 22.1. The van der Waals surface area contributed by atoms with Gasteiger partial charge in [0.15, 0.2) is 0 Å². The molecule has 1 amide bonds. The second kappa shape index (κ2) is 9.61. The number of carbonyl (C=O) groups is 1. The molecule has 7 nitrogen and oxygen atoms in total. The van der Waals surface area contributed by atoms with E-state index in [1.807, 2.05) is 35.5 Å². The molecule has 2 aromatic heterocycles. The Morgan fingerprint density at radius 3 is 2.38 bits per heavy atom. The number of pyridine rings is 1. The number of rotatable bonds is 7. The SMILES string of the molecule is CCN1CCN(C(=O)CC(c2cc(OC)cc(OC)c2)c2cnc3cc(C)ccn23)CC1. The minimum Gasteiger partial charge on any atom is -0.497 e. The monoisotopic (exact) mass is 436 g/mol. The van der Waals surface area contributed by atoms with Gasteiger partial charge in [-0.05, 0) is 48.9 Å². The first-order valence-electron chi connectivity index (χ1n) is 11.2. The maximum absolute atomic E-state index is 13.4.